The molecule has 1 fully saturated rings. The van der Waals surface area contributed by atoms with E-state index in [1.54, 1.807) is 12.1 Å². The second kappa shape index (κ2) is 10.1. The van der Waals surface area contributed by atoms with Gasteiger partial charge >= 0.3 is 0 Å². The minimum absolute atomic E-state index is 0.145. The number of nitrogens with one attached hydrogen (secondary N) is 1. The molecular weight excluding hydrogens is 460 g/mol. The number of rotatable bonds is 6. The van der Waals surface area contributed by atoms with E-state index >= 15 is 0 Å². The van der Waals surface area contributed by atoms with Gasteiger partial charge in [-0.2, -0.15) is 0 Å². The molecule has 32 heavy (non-hydrogen) atoms. The van der Waals surface area contributed by atoms with Crippen LogP contribution < -0.4 is 5.32 Å². The van der Waals surface area contributed by atoms with Crippen LogP contribution in [0.25, 0.3) is 17.2 Å². The highest BCUT2D eigenvalue weighted by atomic mass is 35.5. The third kappa shape index (κ3) is 5.27. The molecule has 4 rings (SSSR count). The number of anilines is 1. The van der Waals surface area contributed by atoms with Crippen molar-refractivity contribution >= 4 is 63.5 Å². The van der Waals surface area contributed by atoms with Crippen LogP contribution in [0, 0.1) is 0 Å². The average molecular weight is 479 g/mol. The van der Waals surface area contributed by atoms with Crippen molar-refractivity contribution in [3.8, 4) is 11.1 Å². The van der Waals surface area contributed by atoms with Crippen LogP contribution in [0.2, 0.25) is 5.02 Å². The molecule has 0 saturated carbocycles. The lowest BCUT2D eigenvalue weighted by Crippen LogP contribution is -2.31. The minimum Gasteiger partial charge on any atom is -0.326 e. The highest BCUT2D eigenvalue weighted by Crippen LogP contribution is 2.33. The number of hydrogen-bond acceptors (Lipinski definition) is 4. The van der Waals surface area contributed by atoms with Crippen LogP contribution in [0.1, 0.15) is 12.0 Å². The molecule has 1 aliphatic heterocycles. The largest absolute Gasteiger partial charge is 0.326 e. The molecule has 0 spiro atoms. The number of amides is 2. The molecule has 2 amide bonds. The van der Waals surface area contributed by atoms with Crippen molar-refractivity contribution in [2.75, 3.05) is 11.9 Å². The van der Waals surface area contributed by atoms with Crippen molar-refractivity contribution in [3.63, 3.8) is 0 Å². The fourth-order valence-corrected chi connectivity index (χ4v) is 4.73. The average Bonchev–Trinajstić information content (AvgIpc) is 3.07. The third-order valence-electron chi connectivity index (χ3n) is 4.90. The van der Waals surface area contributed by atoms with E-state index in [0.717, 1.165) is 16.7 Å². The van der Waals surface area contributed by atoms with Crippen LogP contribution in [0.4, 0.5) is 5.69 Å². The molecule has 0 radical (unpaired) electrons. The molecule has 1 saturated heterocycles. The van der Waals surface area contributed by atoms with Gasteiger partial charge in [-0.05, 0) is 41.0 Å². The molecule has 7 heteroatoms. The third-order valence-corrected chi connectivity index (χ3v) is 6.63. The lowest BCUT2D eigenvalue weighted by atomic mass is 10.1. The van der Waals surface area contributed by atoms with Crippen molar-refractivity contribution in [1.29, 1.82) is 0 Å². The summed E-state index contributed by atoms with van der Waals surface area (Å²) < 4.78 is 0.438. The van der Waals surface area contributed by atoms with Crippen LogP contribution in [0.15, 0.2) is 83.8 Å². The van der Waals surface area contributed by atoms with E-state index in [1.807, 2.05) is 72.8 Å². The maximum absolute atomic E-state index is 12.7. The van der Waals surface area contributed by atoms with Crippen LogP contribution in [-0.4, -0.2) is 27.6 Å². The first kappa shape index (κ1) is 22.3. The molecule has 4 nitrogen and oxygen atoms in total. The predicted molar refractivity (Wildman–Crippen MR) is 136 cm³/mol. The van der Waals surface area contributed by atoms with Gasteiger partial charge in [-0.3, -0.25) is 14.5 Å². The first-order valence-electron chi connectivity index (χ1n) is 9.96. The first-order valence-corrected chi connectivity index (χ1v) is 11.6. The zero-order valence-electron chi connectivity index (χ0n) is 17.0. The van der Waals surface area contributed by atoms with E-state index in [4.69, 9.17) is 23.8 Å². The van der Waals surface area contributed by atoms with E-state index in [0.29, 0.717) is 19.9 Å². The number of nitrogens with zero attached hydrogens (tertiary/aromatic N) is 1. The van der Waals surface area contributed by atoms with Gasteiger partial charge in [0, 0.05) is 23.7 Å². The topological polar surface area (TPSA) is 49.4 Å². The van der Waals surface area contributed by atoms with Crippen LogP contribution in [0.5, 0.6) is 0 Å². The summed E-state index contributed by atoms with van der Waals surface area (Å²) >= 11 is 12.8. The molecule has 0 aromatic heterocycles. The van der Waals surface area contributed by atoms with Gasteiger partial charge in [-0.1, -0.05) is 96.2 Å². The Labute approximate surface area is 201 Å². The van der Waals surface area contributed by atoms with E-state index in [2.05, 4.69) is 5.32 Å². The van der Waals surface area contributed by atoms with Crippen molar-refractivity contribution < 1.29 is 9.59 Å². The fraction of sp³-hybridized carbons (Fsp3) is 0.0800. The quantitative estimate of drug-likeness (QED) is 0.336. The summed E-state index contributed by atoms with van der Waals surface area (Å²) in [4.78, 5) is 27.1. The van der Waals surface area contributed by atoms with E-state index in [9.17, 15) is 9.59 Å². The van der Waals surface area contributed by atoms with Crippen molar-refractivity contribution in [1.82, 2.24) is 4.90 Å². The zero-order valence-corrected chi connectivity index (χ0v) is 19.3. The minimum atomic E-state index is -0.208. The van der Waals surface area contributed by atoms with Gasteiger partial charge in [0.2, 0.25) is 5.91 Å². The van der Waals surface area contributed by atoms with Gasteiger partial charge in [0.25, 0.3) is 5.91 Å². The molecule has 1 N–H and O–H groups in total. The maximum Gasteiger partial charge on any atom is 0.266 e. The number of halogens is 1. The van der Waals surface area contributed by atoms with Crippen molar-refractivity contribution in [2.45, 2.75) is 6.42 Å². The molecule has 1 aliphatic rings. The summed E-state index contributed by atoms with van der Waals surface area (Å²) in [5.41, 5.74) is 3.65. The Hall–Kier alpha value is -2.93. The number of carbonyl (C=O) groups excluding carboxylic acids is 2. The maximum atomic E-state index is 12.7. The van der Waals surface area contributed by atoms with Gasteiger partial charge in [-0.15, -0.1) is 0 Å². The molecule has 1 heterocycles. The van der Waals surface area contributed by atoms with E-state index in [1.165, 1.54) is 16.7 Å². The Bertz CT molecular complexity index is 1190. The van der Waals surface area contributed by atoms with E-state index in [-0.39, 0.29) is 24.8 Å². The van der Waals surface area contributed by atoms with Gasteiger partial charge < -0.3 is 5.32 Å². The Morgan fingerprint density at radius 3 is 2.34 bits per heavy atom. The van der Waals surface area contributed by atoms with Gasteiger partial charge in [-0.25, -0.2) is 0 Å². The second-order valence-electron chi connectivity index (χ2n) is 7.10. The smallest absolute Gasteiger partial charge is 0.266 e. The Morgan fingerprint density at radius 2 is 1.62 bits per heavy atom. The normalized spacial score (nSPS) is 14.8. The number of carbonyl (C=O) groups is 2. The molecule has 0 aliphatic carbocycles. The summed E-state index contributed by atoms with van der Waals surface area (Å²) in [6.45, 7) is 0.221. The number of benzene rings is 3. The monoisotopic (exact) mass is 478 g/mol. The molecule has 0 unspecified atom stereocenters. The second-order valence-corrected chi connectivity index (χ2v) is 9.18. The number of hydrogen-bond donors (Lipinski definition) is 1. The van der Waals surface area contributed by atoms with Crippen molar-refractivity contribution in [3.05, 3.63) is 94.4 Å². The summed E-state index contributed by atoms with van der Waals surface area (Å²) in [7, 11) is 0. The van der Waals surface area contributed by atoms with Crippen molar-refractivity contribution in [2.24, 2.45) is 0 Å². The van der Waals surface area contributed by atoms with Crippen LogP contribution in [-0.2, 0) is 9.59 Å². The SMILES string of the molecule is O=C(CCN1C(=O)/C(=C/c2ccccc2Cl)SC1=S)Nc1ccc(-c2ccccc2)cc1. The van der Waals surface area contributed by atoms with Gasteiger partial charge in [0.05, 0.1) is 4.91 Å². The summed E-state index contributed by atoms with van der Waals surface area (Å²) in [5.74, 6) is -0.387. The zero-order chi connectivity index (χ0) is 22.5. The van der Waals surface area contributed by atoms with E-state index < -0.39 is 0 Å². The van der Waals surface area contributed by atoms with Gasteiger partial charge in [0.15, 0.2) is 0 Å². The highest BCUT2D eigenvalue weighted by Gasteiger charge is 2.32. The lowest BCUT2D eigenvalue weighted by molar-refractivity contribution is -0.122. The lowest BCUT2D eigenvalue weighted by Gasteiger charge is -2.14. The summed E-state index contributed by atoms with van der Waals surface area (Å²) in [5, 5.41) is 3.44. The number of thioether (sulfide) groups is 1. The molecule has 3 aromatic rings. The standard InChI is InChI=1S/C25H19ClN2O2S2/c26-21-9-5-4-8-19(21)16-22-24(30)28(25(31)32-22)15-14-23(29)27-20-12-10-18(11-13-20)17-6-2-1-3-7-17/h1-13,16H,14-15H2,(H,27,29)/b22-16-. The summed E-state index contributed by atoms with van der Waals surface area (Å²) in [6.07, 6.45) is 1.88. The van der Waals surface area contributed by atoms with Gasteiger partial charge in [0.1, 0.15) is 4.32 Å². The summed E-state index contributed by atoms with van der Waals surface area (Å²) in [6, 6.07) is 25.0. The Balaban J connectivity index is 1.34. The first-order chi connectivity index (χ1) is 15.5. The Kier molecular flexibility index (Phi) is 7.05. The Morgan fingerprint density at radius 1 is 0.969 bits per heavy atom. The molecule has 0 bridgehead atoms. The number of thiocarbonyl (C=S) groups is 1. The molecular formula is C25H19ClN2O2S2. The highest BCUT2D eigenvalue weighted by molar-refractivity contribution is 8.26. The fourth-order valence-electron chi connectivity index (χ4n) is 3.24. The van der Waals surface area contributed by atoms with Crippen LogP contribution in [0.3, 0.4) is 0 Å². The predicted octanol–water partition coefficient (Wildman–Crippen LogP) is 6.24. The molecule has 0 atom stereocenters. The molecule has 3 aromatic carbocycles. The molecule has 160 valence electrons. The van der Waals surface area contributed by atoms with Crippen LogP contribution >= 0.6 is 35.6 Å².